The number of hydrogen-bond acceptors (Lipinski definition) is 5. The number of allylic oxidation sites excluding steroid dienone is 2. The average molecular weight is 275 g/mol. The summed E-state index contributed by atoms with van der Waals surface area (Å²) in [6.07, 6.45) is 0.0596. The zero-order valence-corrected chi connectivity index (χ0v) is 11.1. The van der Waals surface area contributed by atoms with E-state index in [1.165, 1.54) is 19.1 Å². The Kier molecular flexibility index (Phi) is 3.65. The van der Waals surface area contributed by atoms with Gasteiger partial charge in [0.2, 0.25) is 0 Å². The Bertz CT molecular complexity index is 615. The number of Topliss-reactive ketones (excluding diaryl/α,β-unsaturated/α-hetero) is 1. The summed E-state index contributed by atoms with van der Waals surface area (Å²) in [5.41, 5.74) is 1.10. The van der Waals surface area contributed by atoms with Crippen molar-refractivity contribution in [1.29, 1.82) is 0 Å². The number of esters is 1. The van der Waals surface area contributed by atoms with E-state index in [9.17, 15) is 19.7 Å². The van der Waals surface area contributed by atoms with Gasteiger partial charge in [-0.3, -0.25) is 19.7 Å². The average Bonchev–Trinajstić information content (AvgIpc) is 2.37. The van der Waals surface area contributed by atoms with E-state index in [0.29, 0.717) is 16.9 Å². The molecule has 104 valence electrons. The summed E-state index contributed by atoms with van der Waals surface area (Å²) in [5, 5.41) is 10.6. The maximum absolute atomic E-state index is 11.7. The second-order valence-corrected chi connectivity index (χ2v) is 4.61. The molecule has 1 aliphatic heterocycles. The molecule has 0 fully saturated rings. The van der Waals surface area contributed by atoms with Gasteiger partial charge in [-0.15, -0.1) is 0 Å². The van der Waals surface area contributed by atoms with Gasteiger partial charge >= 0.3 is 5.97 Å². The number of cyclic esters (lactones) is 1. The molecular formula is C14H13NO5. The lowest BCUT2D eigenvalue weighted by atomic mass is 9.84. The number of ether oxygens (including phenoxy) is 1. The monoisotopic (exact) mass is 275 g/mol. The molecule has 0 radical (unpaired) electrons. The number of ketones is 1. The van der Waals surface area contributed by atoms with Crippen molar-refractivity contribution in [2.24, 2.45) is 0 Å². The summed E-state index contributed by atoms with van der Waals surface area (Å²) < 4.78 is 4.99. The van der Waals surface area contributed by atoms with Gasteiger partial charge < -0.3 is 4.74 Å². The molecule has 0 saturated carbocycles. The lowest BCUT2D eigenvalue weighted by Gasteiger charge is -2.25. The van der Waals surface area contributed by atoms with E-state index in [-0.39, 0.29) is 17.9 Å². The Hall–Kier alpha value is -2.50. The quantitative estimate of drug-likeness (QED) is 0.480. The first-order chi connectivity index (χ1) is 9.40. The third kappa shape index (κ3) is 2.59. The minimum absolute atomic E-state index is 0.0304. The van der Waals surface area contributed by atoms with Gasteiger partial charge in [-0.05, 0) is 19.4 Å². The Morgan fingerprint density at radius 1 is 1.35 bits per heavy atom. The number of non-ortho nitro benzene ring substituents is 1. The van der Waals surface area contributed by atoms with Crippen LogP contribution in [0.5, 0.6) is 0 Å². The molecule has 1 unspecified atom stereocenters. The number of nitro benzene ring substituents is 1. The van der Waals surface area contributed by atoms with Gasteiger partial charge in [0.15, 0.2) is 5.78 Å². The first-order valence-electron chi connectivity index (χ1n) is 6.07. The van der Waals surface area contributed by atoms with Crippen molar-refractivity contribution in [2.45, 2.75) is 26.2 Å². The third-order valence-electron chi connectivity index (χ3n) is 3.25. The Morgan fingerprint density at radius 3 is 2.45 bits per heavy atom. The number of benzene rings is 1. The normalized spacial score (nSPS) is 18.7. The highest BCUT2D eigenvalue weighted by atomic mass is 16.6. The molecule has 0 amide bonds. The van der Waals surface area contributed by atoms with Crippen LogP contribution in [0.2, 0.25) is 0 Å². The van der Waals surface area contributed by atoms with Crippen molar-refractivity contribution in [3.63, 3.8) is 0 Å². The molecular weight excluding hydrogens is 262 g/mol. The van der Waals surface area contributed by atoms with E-state index < -0.39 is 16.8 Å². The summed E-state index contributed by atoms with van der Waals surface area (Å²) in [6, 6.07) is 5.86. The molecule has 20 heavy (non-hydrogen) atoms. The molecule has 1 heterocycles. The van der Waals surface area contributed by atoms with Gasteiger partial charge in [-0.25, -0.2) is 0 Å². The molecule has 0 aromatic heterocycles. The van der Waals surface area contributed by atoms with E-state index >= 15 is 0 Å². The van der Waals surface area contributed by atoms with Crippen LogP contribution in [0, 0.1) is 10.1 Å². The lowest BCUT2D eigenvalue weighted by Crippen LogP contribution is -2.23. The lowest BCUT2D eigenvalue weighted by molar-refractivity contribution is -0.384. The highest BCUT2D eigenvalue weighted by Crippen LogP contribution is 2.35. The summed E-state index contributed by atoms with van der Waals surface area (Å²) in [4.78, 5) is 33.4. The molecule has 2 rings (SSSR count). The maximum atomic E-state index is 11.7. The molecule has 1 atom stereocenters. The van der Waals surface area contributed by atoms with Crippen molar-refractivity contribution in [3.05, 3.63) is 51.3 Å². The molecule has 1 aromatic carbocycles. The van der Waals surface area contributed by atoms with E-state index in [1.54, 1.807) is 19.1 Å². The van der Waals surface area contributed by atoms with E-state index in [0.717, 1.165) is 0 Å². The fourth-order valence-corrected chi connectivity index (χ4v) is 2.39. The smallest absolute Gasteiger partial charge is 0.311 e. The number of nitrogens with zero attached hydrogens (tertiary/aromatic N) is 1. The second kappa shape index (κ2) is 5.24. The molecule has 6 heteroatoms. The van der Waals surface area contributed by atoms with Crippen molar-refractivity contribution < 1.29 is 19.2 Å². The van der Waals surface area contributed by atoms with Crippen molar-refractivity contribution >= 4 is 17.4 Å². The number of carbonyl (C=O) groups excluding carboxylic acids is 2. The van der Waals surface area contributed by atoms with Crippen LogP contribution in [0.25, 0.3) is 0 Å². The van der Waals surface area contributed by atoms with Crippen LogP contribution in [0.3, 0.4) is 0 Å². The van der Waals surface area contributed by atoms with Gasteiger partial charge in [0.05, 0.1) is 11.3 Å². The summed E-state index contributed by atoms with van der Waals surface area (Å²) in [7, 11) is 0. The Balaban J connectivity index is 2.43. The molecule has 1 aliphatic rings. The van der Waals surface area contributed by atoms with Crippen LogP contribution in [0.15, 0.2) is 35.6 Å². The number of hydrogen-bond donors (Lipinski definition) is 0. The molecule has 1 aromatic rings. The largest absolute Gasteiger partial charge is 0.431 e. The van der Waals surface area contributed by atoms with Gasteiger partial charge in [0.25, 0.3) is 5.69 Å². The van der Waals surface area contributed by atoms with Crippen LogP contribution < -0.4 is 0 Å². The van der Waals surface area contributed by atoms with Gasteiger partial charge in [0, 0.05) is 23.6 Å². The van der Waals surface area contributed by atoms with Crippen LogP contribution in [0.1, 0.15) is 31.7 Å². The van der Waals surface area contributed by atoms with E-state index in [1.807, 2.05) is 0 Å². The van der Waals surface area contributed by atoms with Crippen molar-refractivity contribution in [3.8, 4) is 0 Å². The number of carbonyl (C=O) groups is 2. The summed E-state index contributed by atoms with van der Waals surface area (Å²) in [6.45, 7) is 2.99. The number of nitro groups is 1. The Labute approximate surface area is 115 Å². The van der Waals surface area contributed by atoms with Crippen LogP contribution in [-0.4, -0.2) is 16.7 Å². The predicted molar refractivity (Wildman–Crippen MR) is 69.9 cm³/mol. The molecule has 6 nitrogen and oxygen atoms in total. The number of rotatable bonds is 3. The first-order valence-corrected chi connectivity index (χ1v) is 6.07. The molecule has 0 aliphatic carbocycles. The molecule has 0 spiro atoms. The van der Waals surface area contributed by atoms with Crippen molar-refractivity contribution in [1.82, 2.24) is 0 Å². The molecule has 0 N–H and O–H groups in total. The minimum Gasteiger partial charge on any atom is -0.431 e. The zero-order valence-electron chi connectivity index (χ0n) is 11.1. The maximum Gasteiger partial charge on any atom is 0.311 e. The minimum atomic E-state index is -0.494. The van der Waals surface area contributed by atoms with Gasteiger partial charge in [-0.2, -0.15) is 0 Å². The van der Waals surface area contributed by atoms with E-state index in [2.05, 4.69) is 0 Å². The fraction of sp³-hybridized carbons (Fsp3) is 0.286. The predicted octanol–water partition coefficient (Wildman–Crippen LogP) is 2.49. The van der Waals surface area contributed by atoms with Crippen LogP contribution in [0.4, 0.5) is 5.69 Å². The molecule has 0 saturated heterocycles. The Morgan fingerprint density at radius 2 is 1.95 bits per heavy atom. The van der Waals surface area contributed by atoms with Crippen LogP contribution in [-0.2, 0) is 14.3 Å². The third-order valence-corrected chi connectivity index (χ3v) is 3.25. The fourth-order valence-electron chi connectivity index (χ4n) is 2.39. The second-order valence-electron chi connectivity index (χ2n) is 4.61. The van der Waals surface area contributed by atoms with Crippen LogP contribution >= 0.6 is 0 Å². The summed E-state index contributed by atoms with van der Waals surface area (Å²) >= 11 is 0. The van der Waals surface area contributed by atoms with Gasteiger partial charge in [-0.1, -0.05) is 12.1 Å². The standard InChI is InChI=1S/C14H13NO5/c1-8(16)14-9(2)20-13(17)7-12(14)10-3-5-11(6-4-10)15(18)19/h3-6,12H,7H2,1-2H3. The topological polar surface area (TPSA) is 86.5 Å². The zero-order chi connectivity index (χ0) is 14.9. The molecule has 0 bridgehead atoms. The van der Waals surface area contributed by atoms with Gasteiger partial charge in [0.1, 0.15) is 5.76 Å². The first kappa shape index (κ1) is 13.9. The van der Waals surface area contributed by atoms with Crippen molar-refractivity contribution in [2.75, 3.05) is 0 Å². The SMILES string of the molecule is CC(=O)C1=C(C)OC(=O)CC1c1ccc([N+](=O)[O-])cc1. The highest BCUT2D eigenvalue weighted by Gasteiger charge is 2.31. The highest BCUT2D eigenvalue weighted by molar-refractivity contribution is 5.97. The summed E-state index contributed by atoms with van der Waals surface area (Å²) in [5.74, 6) is -0.680. The van der Waals surface area contributed by atoms with E-state index in [4.69, 9.17) is 4.74 Å².